The number of nitrogens with one attached hydrogen (secondary N) is 2. The number of aromatic nitrogens is 4. The fourth-order valence-corrected chi connectivity index (χ4v) is 2.53. The lowest BCUT2D eigenvalue weighted by atomic mass is 10.2. The summed E-state index contributed by atoms with van der Waals surface area (Å²) in [7, 11) is 6.08. The van der Waals surface area contributed by atoms with Gasteiger partial charge >= 0.3 is 0 Å². The second-order valence-electron chi connectivity index (χ2n) is 5.11. The van der Waals surface area contributed by atoms with Crippen LogP contribution in [0.5, 0.6) is 0 Å². The van der Waals surface area contributed by atoms with Crippen LogP contribution in [-0.2, 0) is 0 Å². The second-order valence-corrected chi connectivity index (χ2v) is 5.11. The van der Waals surface area contributed by atoms with Gasteiger partial charge < -0.3 is 15.1 Å². The zero-order valence-electron chi connectivity index (χ0n) is 11.5. The van der Waals surface area contributed by atoms with Crippen LogP contribution < -0.4 is 10.2 Å². The number of H-pyrrole nitrogens is 1. The van der Waals surface area contributed by atoms with Crippen LogP contribution >= 0.6 is 0 Å². The molecule has 0 radical (unpaired) electrons. The Labute approximate surface area is 112 Å². The molecule has 3 rings (SSSR count). The molecule has 1 atom stereocenters. The maximum Gasteiger partial charge on any atom is 0.226 e. The Hall–Kier alpha value is -1.89. The minimum absolute atomic E-state index is 0.579. The zero-order chi connectivity index (χ0) is 13.4. The van der Waals surface area contributed by atoms with Crippen LogP contribution in [0.2, 0.25) is 0 Å². The van der Waals surface area contributed by atoms with Crippen molar-refractivity contribution < 1.29 is 0 Å². The highest BCUT2D eigenvalue weighted by Crippen LogP contribution is 2.27. The van der Waals surface area contributed by atoms with Gasteiger partial charge in [0.1, 0.15) is 5.82 Å². The minimum atomic E-state index is 0.579. The number of anilines is 2. The van der Waals surface area contributed by atoms with Crippen molar-refractivity contribution in [1.29, 1.82) is 0 Å². The first kappa shape index (κ1) is 12.2. The van der Waals surface area contributed by atoms with Gasteiger partial charge in [0.05, 0.1) is 11.6 Å². The molecule has 102 valence electrons. The van der Waals surface area contributed by atoms with Gasteiger partial charge in [-0.25, -0.2) is 0 Å². The maximum absolute atomic E-state index is 4.59. The summed E-state index contributed by atoms with van der Waals surface area (Å²) in [6.45, 7) is 2.01. The maximum atomic E-state index is 4.59. The summed E-state index contributed by atoms with van der Waals surface area (Å²) in [5.74, 6) is 1.59. The SMILES string of the molecule is CNc1nc(N2CCC(N(C)C)C2)c2cn[nH]c2n1. The van der Waals surface area contributed by atoms with Crippen molar-refractivity contribution in [3.05, 3.63) is 6.20 Å². The predicted molar refractivity (Wildman–Crippen MR) is 75.5 cm³/mol. The molecule has 0 amide bonds. The normalized spacial score (nSPS) is 19.6. The Morgan fingerprint density at radius 2 is 2.26 bits per heavy atom. The van der Waals surface area contributed by atoms with Gasteiger partial charge in [-0.2, -0.15) is 15.1 Å². The Balaban J connectivity index is 1.98. The van der Waals surface area contributed by atoms with Crippen molar-refractivity contribution in [3.8, 4) is 0 Å². The highest BCUT2D eigenvalue weighted by atomic mass is 15.3. The Morgan fingerprint density at radius 3 is 2.95 bits per heavy atom. The molecular formula is C12H19N7. The van der Waals surface area contributed by atoms with Crippen LogP contribution in [0.4, 0.5) is 11.8 Å². The van der Waals surface area contributed by atoms with E-state index >= 15 is 0 Å². The van der Waals surface area contributed by atoms with E-state index in [2.05, 4.69) is 49.4 Å². The first-order chi connectivity index (χ1) is 9.19. The predicted octanol–water partition coefficient (Wildman–Crippen LogP) is 0.535. The molecule has 2 N–H and O–H groups in total. The molecule has 1 fully saturated rings. The van der Waals surface area contributed by atoms with E-state index in [4.69, 9.17) is 0 Å². The van der Waals surface area contributed by atoms with E-state index < -0.39 is 0 Å². The topological polar surface area (TPSA) is 73.0 Å². The summed E-state index contributed by atoms with van der Waals surface area (Å²) in [5.41, 5.74) is 0.780. The van der Waals surface area contributed by atoms with Crippen LogP contribution in [0.15, 0.2) is 6.20 Å². The quantitative estimate of drug-likeness (QED) is 0.840. The van der Waals surface area contributed by atoms with Gasteiger partial charge in [0, 0.05) is 26.2 Å². The van der Waals surface area contributed by atoms with Gasteiger partial charge in [-0.15, -0.1) is 0 Å². The third kappa shape index (κ3) is 2.10. The van der Waals surface area contributed by atoms with Crippen molar-refractivity contribution in [3.63, 3.8) is 0 Å². The van der Waals surface area contributed by atoms with Crippen molar-refractivity contribution in [1.82, 2.24) is 25.1 Å². The first-order valence-corrected chi connectivity index (χ1v) is 6.49. The van der Waals surface area contributed by atoms with Crippen LogP contribution in [0.3, 0.4) is 0 Å². The lowest BCUT2D eigenvalue weighted by molar-refractivity contribution is 0.315. The van der Waals surface area contributed by atoms with Crippen molar-refractivity contribution >= 4 is 22.8 Å². The van der Waals surface area contributed by atoms with E-state index in [0.29, 0.717) is 12.0 Å². The molecule has 0 bridgehead atoms. The molecule has 1 aliphatic heterocycles. The van der Waals surface area contributed by atoms with Crippen molar-refractivity contribution in [2.45, 2.75) is 12.5 Å². The van der Waals surface area contributed by atoms with Gasteiger partial charge in [0.25, 0.3) is 0 Å². The standard InChI is InChI=1S/C12H19N7/c1-13-12-15-10-9(6-14-17-10)11(16-12)19-5-4-8(7-19)18(2)3/h6,8H,4-5,7H2,1-3H3,(H2,13,14,15,16,17). The summed E-state index contributed by atoms with van der Waals surface area (Å²) < 4.78 is 0. The average molecular weight is 261 g/mol. The highest BCUT2D eigenvalue weighted by Gasteiger charge is 2.26. The van der Waals surface area contributed by atoms with Crippen LogP contribution in [-0.4, -0.2) is 65.3 Å². The molecule has 2 aromatic heterocycles. The van der Waals surface area contributed by atoms with E-state index in [1.54, 1.807) is 6.20 Å². The molecule has 0 aromatic carbocycles. The van der Waals surface area contributed by atoms with Crippen molar-refractivity contribution in [2.75, 3.05) is 44.4 Å². The van der Waals surface area contributed by atoms with E-state index in [1.807, 2.05) is 7.05 Å². The molecule has 0 saturated carbocycles. The second kappa shape index (κ2) is 4.65. The smallest absolute Gasteiger partial charge is 0.226 e. The fraction of sp³-hybridized carbons (Fsp3) is 0.583. The highest BCUT2D eigenvalue weighted by molar-refractivity contribution is 5.87. The third-order valence-corrected chi connectivity index (χ3v) is 3.71. The number of hydrogen-bond acceptors (Lipinski definition) is 6. The van der Waals surface area contributed by atoms with E-state index in [-0.39, 0.29) is 0 Å². The van der Waals surface area contributed by atoms with E-state index in [9.17, 15) is 0 Å². The zero-order valence-corrected chi connectivity index (χ0v) is 11.5. The molecule has 1 unspecified atom stereocenters. The first-order valence-electron chi connectivity index (χ1n) is 6.49. The lowest BCUT2D eigenvalue weighted by Crippen LogP contribution is -2.31. The van der Waals surface area contributed by atoms with Crippen LogP contribution in [0, 0.1) is 0 Å². The number of rotatable bonds is 3. The number of nitrogens with zero attached hydrogens (tertiary/aromatic N) is 5. The van der Waals surface area contributed by atoms with Gasteiger partial charge in [-0.3, -0.25) is 5.10 Å². The van der Waals surface area contributed by atoms with Gasteiger partial charge in [-0.05, 0) is 20.5 Å². The summed E-state index contributed by atoms with van der Waals surface area (Å²) in [6, 6.07) is 0.579. The summed E-state index contributed by atoms with van der Waals surface area (Å²) in [4.78, 5) is 13.5. The molecule has 0 spiro atoms. The van der Waals surface area contributed by atoms with Crippen LogP contribution in [0.25, 0.3) is 11.0 Å². The van der Waals surface area contributed by atoms with E-state index in [1.165, 1.54) is 0 Å². The van der Waals surface area contributed by atoms with Crippen molar-refractivity contribution in [2.24, 2.45) is 0 Å². The number of likely N-dealkylation sites (N-methyl/N-ethyl adjacent to an activating group) is 1. The molecule has 7 nitrogen and oxygen atoms in total. The molecule has 2 aromatic rings. The Bertz CT molecular complexity index is 576. The number of hydrogen-bond donors (Lipinski definition) is 2. The number of aromatic amines is 1. The fourth-order valence-electron chi connectivity index (χ4n) is 2.53. The molecular weight excluding hydrogens is 242 g/mol. The molecule has 19 heavy (non-hydrogen) atoms. The third-order valence-electron chi connectivity index (χ3n) is 3.71. The lowest BCUT2D eigenvalue weighted by Gasteiger charge is -2.21. The monoisotopic (exact) mass is 261 g/mol. The Morgan fingerprint density at radius 1 is 1.42 bits per heavy atom. The minimum Gasteiger partial charge on any atom is -0.357 e. The molecule has 1 saturated heterocycles. The molecule has 1 aliphatic rings. The van der Waals surface area contributed by atoms with Gasteiger partial charge in [0.15, 0.2) is 5.65 Å². The van der Waals surface area contributed by atoms with Crippen LogP contribution in [0.1, 0.15) is 6.42 Å². The summed E-state index contributed by atoms with van der Waals surface area (Å²) >= 11 is 0. The number of fused-ring (bicyclic) bond motifs is 1. The van der Waals surface area contributed by atoms with E-state index in [0.717, 1.165) is 36.4 Å². The molecule has 3 heterocycles. The average Bonchev–Trinajstić information content (AvgIpc) is 3.06. The Kier molecular flexibility index (Phi) is 2.98. The molecule has 0 aliphatic carbocycles. The van der Waals surface area contributed by atoms with Gasteiger partial charge in [-0.1, -0.05) is 0 Å². The summed E-state index contributed by atoms with van der Waals surface area (Å²) in [6.07, 6.45) is 2.96. The largest absolute Gasteiger partial charge is 0.357 e. The van der Waals surface area contributed by atoms with Gasteiger partial charge in [0.2, 0.25) is 5.95 Å². The molecule has 7 heteroatoms. The summed E-state index contributed by atoms with van der Waals surface area (Å²) in [5, 5.41) is 11.0.